The van der Waals surface area contributed by atoms with Gasteiger partial charge in [-0.2, -0.15) is 0 Å². The van der Waals surface area contributed by atoms with Gasteiger partial charge in [0.15, 0.2) is 34.9 Å². The molecule has 0 bridgehead atoms. The fourth-order valence-electron chi connectivity index (χ4n) is 12.8. The Balaban J connectivity index is 0.759. The minimum Gasteiger partial charge on any atom is -0.456 e. The lowest BCUT2D eigenvalue weighted by Crippen LogP contribution is -2.01. The molecule has 0 N–H and O–H groups in total. The summed E-state index contributed by atoms with van der Waals surface area (Å²) in [6.07, 6.45) is 0. The highest BCUT2D eigenvalue weighted by molar-refractivity contribution is 6.19. The number of aromatic nitrogens is 6. The molecular formula is C80H46N6O3. The van der Waals surface area contributed by atoms with Gasteiger partial charge in [-0.1, -0.05) is 218 Å². The summed E-state index contributed by atoms with van der Waals surface area (Å²) in [7, 11) is 0. The lowest BCUT2D eigenvalue weighted by molar-refractivity contribution is 0.669. The second-order valence-corrected chi connectivity index (χ2v) is 22.5. The Morgan fingerprint density at radius 3 is 1.20 bits per heavy atom. The molecule has 414 valence electrons. The van der Waals surface area contributed by atoms with E-state index in [9.17, 15) is 0 Å². The quantitative estimate of drug-likeness (QED) is 0.139. The van der Waals surface area contributed by atoms with Crippen molar-refractivity contribution in [2.45, 2.75) is 0 Å². The fraction of sp³-hybridized carbons (Fsp3) is 0. The van der Waals surface area contributed by atoms with Crippen LogP contribution in [0, 0.1) is 0 Å². The zero-order valence-corrected chi connectivity index (χ0v) is 47.5. The molecule has 0 saturated heterocycles. The third-order valence-electron chi connectivity index (χ3n) is 17.2. The van der Waals surface area contributed by atoms with Gasteiger partial charge in [-0.3, -0.25) is 0 Å². The van der Waals surface area contributed by atoms with Crippen LogP contribution >= 0.6 is 0 Å². The number of hydrogen-bond donors (Lipinski definition) is 0. The van der Waals surface area contributed by atoms with E-state index in [1.54, 1.807) is 0 Å². The van der Waals surface area contributed by atoms with Crippen LogP contribution in [-0.4, -0.2) is 29.9 Å². The molecular weight excluding hydrogens is 1090 g/mol. The number of hydrogen-bond acceptors (Lipinski definition) is 9. The average molecular weight is 1140 g/mol. The standard InChI is InChI=1S/C80H46N6O3/c1-2-14-47(15-3-1)48-30-32-49(33-31-48)50-34-36-52(37-35-50)75-81-76(84-79(83-75)65-24-12-16-51-38-42-63-61-22-5-8-27-68(61)89-74(63)71(51)65)56-19-10-17-53(44-56)54-18-11-20-57(45-54)77-82-78(86-80(85-77)66-25-13-29-70-72(66)64-23-6-9-28-69(64)87-70)58-40-41-59-55(46-58)39-43-62-60-21-4-7-26-67(60)88-73(59)62/h1-46H. The van der Waals surface area contributed by atoms with E-state index in [1.165, 1.54) is 11.1 Å². The van der Waals surface area contributed by atoms with Crippen LogP contribution in [0.5, 0.6) is 0 Å². The van der Waals surface area contributed by atoms with Gasteiger partial charge in [0, 0.05) is 76.5 Å². The molecule has 0 aliphatic carbocycles. The number of benzene rings is 13. The molecule has 0 amide bonds. The highest BCUT2D eigenvalue weighted by Gasteiger charge is 2.22. The molecule has 9 nitrogen and oxygen atoms in total. The second kappa shape index (κ2) is 20.2. The van der Waals surface area contributed by atoms with E-state index in [0.29, 0.717) is 34.9 Å². The molecule has 0 spiro atoms. The lowest BCUT2D eigenvalue weighted by Gasteiger charge is -2.12. The summed E-state index contributed by atoms with van der Waals surface area (Å²) in [6.45, 7) is 0. The summed E-state index contributed by atoms with van der Waals surface area (Å²) in [5, 5.41) is 10.2. The summed E-state index contributed by atoms with van der Waals surface area (Å²) in [4.78, 5) is 31.9. The molecule has 18 aromatic rings. The van der Waals surface area contributed by atoms with Crippen LogP contribution in [0.4, 0.5) is 0 Å². The highest BCUT2D eigenvalue weighted by Crippen LogP contribution is 2.42. The van der Waals surface area contributed by atoms with Gasteiger partial charge in [0.2, 0.25) is 0 Å². The summed E-state index contributed by atoms with van der Waals surface area (Å²) in [5.74, 6) is 3.20. The zero-order chi connectivity index (χ0) is 58.5. The minimum atomic E-state index is 0.524. The first kappa shape index (κ1) is 50.2. The predicted molar refractivity (Wildman–Crippen MR) is 359 cm³/mol. The van der Waals surface area contributed by atoms with Gasteiger partial charge < -0.3 is 13.3 Å². The molecule has 9 heteroatoms. The van der Waals surface area contributed by atoms with E-state index in [1.807, 2.05) is 72.8 Å². The average Bonchev–Trinajstić information content (AvgIpc) is 1.88. The Morgan fingerprint density at radius 1 is 0.191 bits per heavy atom. The van der Waals surface area contributed by atoms with Gasteiger partial charge in [0.25, 0.3) is 0 Å². The largest absolute Gasteiger partial charge is 0.456 e. The summed E-state index contributed by atoms with van der Waals surface area (Å²) in [6, 6.07) is 96.0. The lowest BCUT2D eigenvalue weighted by atomic mass is 9.99. The van der Waals surface area contributed by atoms with Crippen molar-refractivity contribution < 1.29 is 13.3 Å². The Hall–Kier alpha value is -12.2. The van der Waals surface area contributed by atoms with Crippen molar-refractivity contribution in [3.05, 3.63) is 279 Å². The molecule has 0 aliphatic heterocycles. The van der Waals surface area contributed by atoms with Crippen LogP contribution in [0.2, 0.25) is 0 Å². The monoisotopic (exact) mass is 1140 g/mol. The van der Waals surface area contributed by atoms with Crippen LogP contribution in [-0.2, 0) is 0 Å². The van der Waals surface area contributed by atoms with Crippen molar-refractivity contribution in [3.8, 4) is 102 Å². The Bertz CT molecular complexity index is 5870. The molecule has 0 unspecified atom stereocenters. The smallest absolute Gasteiger partial charge is 0.164 e. The Morgan fingerprint density at radius 2 is 0.584 bits per heavy atom. The first-order chi connectivity index (χ1) is 44.0. The molecule has 0 aliphatic rings. The van der Waals surface area contributed by atoms with E-state index >= 15 is 0 Å². The van der Waals surface area contributed by atoms with E-state index in [2.05, 4.69) is 206 Å². The summed E-state index contributed by atoms with van der Waals surface area (Å²) >= 11 is 0. The highest BCUT2D eigenvalue weighted by atomic mass is 16.3. The van der Waals surface area contributed by atoms with Crippen LogP contribution in [0.25, 0.3) is 189 Å². The molecule has 89 heavy (non-hydrogen) atoms. The van der Waals surface area contributed by atoms with E-state index in [0.717, 1.165) is 143 Å². The third-order valence-corrected chi connectivity index (χ3v) is 17.2. The van der Waals surface area contributed by atoms with Crippen molar-refractivity contribution in [1.82, 2.24) is 29.9 Å². The van der Waals surface area contributed by atoms with E-state index in [4.69, 9.17) is 43.2 Å². The first-order valence-electron chi connectivity index (χ1n) is 29.6. The predicted octanol–water partition coefficient (Wildman–Crippen LogP) is 21.1. The second-order valence-electron chi connectivity index (χ2n) is 22.5. The van der Waals surface area contributed by atoms with Crippen molar-refractivity contribution >= 4 is 87.4 Å². The van der Waals surface area contributed by atoms with Gasteiger partial charge in [-0.25, -0.2) is 29.9 Å². The fourth-order valence-corrected chi connectivity index (χ4v) is 12.8. The molecule has 0 saturated carbocycles. The van der Waals surface area contributed by atoms with Gasteiger partial charge in [0.1, 0.15) is 33.5 Å². The minimum absolute atomic E-state index is 0.524. The maximum atomic E-state index is 6.69. The first-order valence-corrected chi connectivity index (χ1v) is 29.6. The van der Waals surface area contributed by atoms with E-state index < -0.39 is 0 Å². The Labute approximate surface area is 508 Å². The molecule has 13 aromatic carbocycles. The molecule has 5 heterocycles. The number of rotatable bonds is 9. The molecule has 0 atom stereocenters. The molecule has 0 radical (unpaired) electrons. The maximum absolute atomic E-state index is 6.69. The summed E-state index contributed by atoms with van der Waals surface area (Å²) in [5.41, 5.74) is 16.4. The van der Waals surface area contributed by atoms with Crippen molar-refractivity contribution in [1.29, 1.82) is 0 Å². The van der Waals surface area contributed by atoms with Gasteiger partial charge in [0.05, 0.1) is 0 Å². The number of furan rings is 3. The van der Waals surface area contributed by atoms with Crippen LogP contribution in [0.1, 0.15) is 0 Å². The molecule has 5 aromatic heterocycles. The summed E-state index contributed by atoms with van der Waals surface area (Å²) < 4.78 is 19.5. The van der Waals surface area contributed by atoms with Crippen LogP contribution < -0.4 is 0 Å². The van der Waals surface area contributed by atoms with Crippen molar-refractivity contribution in [2.24, 2.45) is 0 Å². The zero-order valence-electron chi connectivity index (χ0n) is 47.5. The van der Waals surface area contributed by atoms with E-state index in [-0.39, 0.29) is 0 Å². The van der Waals surface area contributed by atoms with Gasteiger partial charge in [-0.15, -0.1) is 0 Å². The van der Waals surface area contributed by atoms with Crippen molar-refractivity contribution in [3.63, 3.8) is 0 Å². The topological polar surface area (TPSA) is 117 Å². The van der Waals surface area contributed by atoms with Gasteiger partial charge >= 0.3 is 0 Å². The van der Waals surface area contributed by atoms with Crippen LogP contribution in [0.3, 0.4) is 0 Å². The van der Waals surface area contributed by atoms with Crippen molar-refractivity contribution in [2.75, 3.05) is 0 Å². The molecule has 18 rings (SSSR count). The maximum Gasteiger partial charge on any atom is 0.164 e. The Kier molecular flexibility index (Phi) is 11.4. The third kappa shape index (κ3) is 8.55. The number of para-hydroxylation sites is 3. The SMILES string of the molecule is c1ccc(-c2ccc(-c3ccc(-c4nc(-c5cccc(-c6cccc(-c7nc(-c8ccc9c(ccc%10c%11ccccc%11oc9%10)c8)nc(-c8cccc9oc%10ccccc%10c89)n7)c6)c5)nc(-c5cccc6ccc7c8ccccc8oc7c56)n4)cc3)cc2)cc1. The number of nitrogens with zero attached hydrogens (tertiary/aromatic N) is 6. The van der Waals surface area contributed by atoms with Crippen LogP contribution in [0.15, 0.2) is 292 Å². The number of fused-ring (bicyclic) bond motifs is 13. The van der Waals surface area contributed by atoms with Gasteiger partial charge in [-0.05, 0) is 105 Å². The molecule has 0 fully saturated rings. The normalized spacial score (nSPS) is 11.8.